The fourth-order valence-corrected chi connectivity index (χ4v) is 2.65. The van der Waals surface area contributed by atoms with Crippen LogP contribution in [0.15, 0.2) is 23.2 Å². The zero-order valence-corrected chi connectivity index (χ0v) is 18.0. The number of pyridine rings is 1. The summed E-state index contributed by atoms with van der Waals surface area (Å²) < 4.78 is 5.02. The topological polar surface area (TPSA) is 96.1 Å². The minimum Gasteiger partial charge on any atom is -0.450 e. The molecule has 0 aromatic carbocycles. The number of anilines is 1. The minimum atomic E-state index is -0.241. The summed E-state index contributed by atoms with van der Waals surface area (Å²) in [5, 5.41) is 3.23. The molecule has 26 heavy (non-hydrogen) atoms. The van der Waals surface area contributed by atoms with Gasteiger partial charge < -0.3 is 25.6 Å². The van der Waals surface area contributed by atoms with Crippen LogP contribution in [0.4, 0.5) is 10.6 Å². The SMILES string of the molecule is CCOC(=O)N1CCC(NC(N)=NCc2cccc(N(C)C)n2)CC1.I. The van der Waals surface area contributed by atoms with E-state index in [1.54, 1.807) is 4.90 Å². The Labute approximate surface area is 172 Å². The lowest BCUT2D eigenvalue weighted by Crippen LogP contribution is -2.48. The number of amides is 1. The number of carbonyl (C=O) groups excluding carboxylic acids is 1. The van der Waals surface area contributed by atoms with E-state index in [-0.39, 0.29) is 36.1 Å². The van der Waals surface area contributed by atoms with E-state index in [4.69, 9.17) is 10.5 Å². The first-order chi connectivity index (χ1) is 12.0. The summed E-state index contributed by atoms with van der Waals surface area (Å²) in [6.07, 6.45) is 1.40. The van der Waals surface area contributed by atoms with Crippen molar-refractivity contribution in [3.05, 3.63) is 23.9 Å². The normalized spacial score (nSPS) is 15.2. The molecule has 1 amide bonds. The number of nitrogens with zero attached hydrogens (tertiary/aromatic N) is 4. The number of aliphatic imine (C=N–C) groups is 1. The second kappa shape index (κ2) is 11.0. The standard InChI is InChI=1S/C17H28N6O2.HI/c1-4-25-17(24)23-10-8-13(9-11-23)21-16(18)19-12-14-6-5-7-15(20-14)22(2)3;/h5-7,13H,4,8-12H2,1-3H3,(H3,18,19,21);1H. The highest BCUT2D eigenvalue weighted by Gasteiger charge is 2.23. The number of piperidine rings is 1. The third-order valence-corrected chi connectivity index (χ3v) is 4.03. The van der Waals surface area contributed by atoms with Gasteiger partial charge in [-0.2, -0.15) is 0 Å². The van der Waals surface area contributed by atoms with Gasteiger partial charge in [-0.05, 0) is 31.9 Å². The monoisotopic (exact) mass is 476 g/mol. The highest BCUT2D eigenvalue weighted by molar-refractivity contribution is 14.0. The number of halogens is 1. The van der Waals surface area contributed by atoms with Crippen molar-refractivity contribution in [3.63, 3.8) is 0 Å². The molecule has 146 valence electrons. The summed E-state index contributed by atoms with van der Waals surface area (Å²) in [5.74, 6) is 1.30. The van der Waals surface area contributed by atoms with Crippen LogP contribution in [-0.2, 0) is 11.3 Å². The van der Waals surface area contributed by atoms with Crippen molar-refractivity contribution in [1.29, 1.82) is 0 Å². The van der Waals surface area contributed by atoms with Crippen LogP contribution in [0.3, 0.4) is 0 Å². The van der Waals surface area contributed by atoms with E-state index in [0.29, 0.717) is 32.2 Å². The molecule has 0 aliphatic carbocycles. The molecule has 1 aromatic rings. The fourth-order valence-electron chi connectivity index (χ4n) is 2.65. The number of guanidine groups is 1. The Kier molecular flexibility index (Phi) is 9.46. The molecule has 8 nitrogen and oxygen atoms in total. The number of carbonyl (C=O) groups is 1. The molecule has 1 aliphatic heterocycles. The minimum absolute atomic E-state index is 0. The Hall–Kier alpha value is -1.78. The number of likely N-dealkylation sites (tertiary alicyclic amines) is 1. The van der Waals surface area contributed by atoms with Crippen molar-refractivity contribution >= 4 is 41.8 Å². The Balaban J connectivity index is 0.00000338. The van der Waals surface area contributed by atoms with Crippen molar-refractivity contribution in [2.24, 2.45) is 10.7 Å². The van der Waals surface area contributed by atoms with E-state index in [1.165, 1.54) is 0 Å². The van der Waals surface area contributed by atoms with Gasteiger partial charge in [-0.25, -0.2) is 14.8 Å². The molecule has 2 rings (SSSR count). The maximum absolute atomic E-state index is 11.7. The Bertz CT molecular complexity index is 603. The summed E-state index contributed by atoms with van der Waals surface area (Å²) in [5.41, 5.74) is 6.86. The number of hydrogen-bond donors (Lipinski definition) is 2. The van der Waals surface area contributed by atoms with Crippen LogP contribution in [0.1, 0.15) is 25.5 Å². The molecule has 1 fully saturated rings. The average molecular weight is 476 g/mol. The first-order valence-corrected chi connectivity index (χ1v) is 8.61. The van der Waals surface area contributed by atoms with Crippen LogP contribution < -0.4 is 16.0 Å². The molecular formula is C17H29IN6O2. The maximum Gasteiger partial charge on any atom is 0.409 e. The molecule has 1 saturated heterocycles. The van der Waals surface area contributed by atoms with E-state index < -0.39 is 0 Å². The second-order valence-corrected chi connectivity index (χ2v) is 6.19. The zero-order valence-electron chi connectivity index (χ0n) is 15.6. The molecule has 3 N–H and O–H groups in total. The molecule has 0 bridgehead atoms. The predicted molar refractivity (Wildman–Crippen MR) is 114 cm³/mol. The van der Waals surface area contributed by atoms with Gasteiger partial charge in [0.2, 0.25) is 0 Å². The zero-order chi connectivity index (χ0) is 18.2. The third-order valence-electron chi connectivity index (χ3n) is 4.03. The molecule has 0 radical (unpaired) electrons. The molecule has 0 atom stereocenters. The van der Waals surface area contributed by atoms with Gasteiger partial charge in [-0.15, -0.1) is 24.0 Å². The summed E-state index contributed by atoms with van der Waals surface area (Å²) >= 11 is 0. The summed E-state index contributed by atoms with van der Waals surface area (Å²) in [6.45, 7) is 3.97. The van der Waals surface area contributed by atoms with Crippen molar-refractivity contribution in [2.45, 2.75) is 32.4 Å². The average Bonchev–Trinajstić information content (AvgIpc) is 2.61. The number of hydrogen-bond acceptors (Lipinski definition) is 5. The second-order valence-electron chi connectivity index (χ2n) is 6.19. The highest BCUT2D eigenvalue weighted by atomic mass is 127. The molecule has 0 unspecified atom stereocenters. The lowest BCUT2D eigenvalue weighted by Gasteiger charge is -2.31. The van der Waals surface area contributed by atoms with Crippen molar-refractivity contribution in [2.75, 3.05) is 38.7 Å². The Morgan fingerprint density at radius 1 is 1.42 bits per heavy atom. The first-order valence-electron chi connectivity index (χ1n) is 8.61. The number of aromatic nitrogens is 1. The van der Waals surface area contributed by atoms with Gasteiger partial charge in [0, 0.05) is 33.2 Å². The Morgan fingerprint density at radius 2 is 2.12 bits per heavy atom. The van der Waals surface area contributed by atoms with E-state index in [0.717, 1.165) is 24.4 Å². The van der Waals surface area contributed by atoms with E-state index >= 15 is 0 Å². The van der Waals surface area contributed by atoms with E-state index in [9.17, 15) is 4.79 Å². The smallest absolute Gasteiger partial charge is 0.409 e. The fraction of sp³-hybridized carbons (Fsp3) is 0.588. The maximum atomic E-state index is 11.7. The van der Waals surface area contributed by atoms with E-state index in [1.807, 2.05) is 44.1 Å². The number of rotatable bonds is 5. The lowest BCUT2D eigenvalue weighted by atomic mass is 10.1. The van der Waals surface area contributed by atoms with Gasteiger partial charge in [0.1, 0.15) is 5.82 Å². The summed E-state index contributed by atoms with van der Waals surface area (Å²) in [6, 6.07) is 6.06. The number of nitrogens with two attached hydrogens (primary N) is 1. The quantitative estimate of drug-likeness (QED) is 0.382. The lowest BCUT2D eigenvalue weighted by molar-refractivity contribution is 0.0963. The first kappa shape index (κ1) is 22.3. The van der Waals surface area contributed by atoms with Gasteiger partial charge in [-0.1, -0.05) is 6.07 Å². The molecule has 0 saturated carbocycles. The van der Waals surface area contributed by atoms with Crippen LogP contribution in [0.2, 0.25) is 0 Å². The van der Waals surface area contributed by atoms with Gasteiger partial charge in [-0.3, -0.25) is 0 Å². The van der Waals surface area contributed by atoms with Crippen LogP contribution >= 0.6 is 24.0 Å². The van der Waals surface area contributed by atoms with Gasteiger partial charge in [0.15, 0.2) is 5.96 Å². The summed E-state index contributed by atoms with van der Waals surface area (Å²) in [4.78, 5) is 24.2. The van der Waals surface area contributed by atoms with Crippen molar-refractivity contribution in [1.82, 2.24) is 15.2 Å². The number of ether oxygens (including phenoxy) is 1. The van der Waals surface area contributed by atoms with E-state index in [2.05, 4.69) is 15.3 Å². The molecular weight excluding hydrogens is 447 g/mol. The largest absolute Gasteiger partial charge is 0.450 e. The predicted octanol–water partition coefficient (Wildman–Crippen LogP) is 1.79. The number of nitrogens with one attached hydrogen (secondary N) is 1. The van der Waals surface area contributed by atoms with Crippen molar-refractivity contribution < 1.29 is 9.53 Å². The molecule has 1 aromatic heterocycles. The van der Waals surface area contributed by atoms with Crippen LogP contribution in [-0.4, -0.2) is 61.8 Å². The molecule has 1 aliphatic rings. The van der Waals surface area contributed by atoms with Crippen LogP contribution in [0, 0.1) is 0 Å². The van der Waals surface area contributed by atoms with Gasteiger partial charge >= 0.3 is 6.09 Å². The van der Waals surface area contributed by atoms with Crippen LogP contribution in [0.25, 0.3) is 0 Å². The molecule has 0 spiro atoms. The molecule has 9 heteroatoms. The van der Waals surface area contributed by atoms with Gasteiger partial charge in [0.05, 0.1) is 18.8 Å². The highest BCUT2D eigenvalue weighted by Crippen LogP contribution is 2.12. The van der Waals surface area contributed by atoms with Gasteiger partial charge in [0.25, 0.3) is 0 Å². The van der Waals surface area contributed by atoms with Crippen LogP contribution in [0.5, 0.6) is 0 Å². The van der Waals surface area contributed by atoms with Crippen molar-refractivity contribution in [3.8, 4) is 0 Å². The molecule has 2 heterocycles. The summed E-state index contributed by atoms with van der Waals surface area (Å²) in [7, 11) is 3.90. The Morgan fingerprint density at radius 3 is 2.73 bits per heavy atom. The third kappa shape index (κ3) is 6.85.